The third-order valence-corrected chi connectivity index (χ3v) is 5.66. The minimum absolute atomic E-state index is 0.218. The number of likely N-dealkylation sites (N-methyl/N-ethyl adjacent to an activating group) is 1. The molecule has 0 spiro atoms. The van der Waals surface area contributed by atoms with E-state index >= 15 is 0 Å². The summed E-state index contributed by atoms with van der Waals surface area (Å²) in [5.74, 6) is 1.25. The van der Waals surface area contributed by atoms with Crippen molar-refractivity contribution in [3.05, 3.63) is 42.2 Å². The molecule has 1 aliphatic rings. The number of anilines is 1. The van der Waals surface area contributed by atoms with Crippen molar-refractivity contribution in [2.45, 2.75) is 32.6 Å². The maximum atomic E-state index is 12.6. The first-order valence-electron chi connectivity index (χ1n) is 10.6. The maximum Gasteiger partial charge on any atom is 0.236 e. The van der Waals surface area contributed by atoms with Gasteiger partial charge in [-0.15, -0.1) is 0 Å². The number of rotatable bonds is 7. The first-order valence-corrected chi connectivity index (χ1v) is 10.6. The second-order valence-corrected chi connectivity index (χ2v) is 7.87. The van der Waals surface area contributed by atoms with Crippen molar-refractivity contribution in [3.63, 3.8) is 0 Å². The first kappa shape index (κ1) is 21.2. The Labute approximate surface area is 174 Å². The highest BCUT2D eigenvalue weighted by atomic mass is 16.2. The molecule has 1 aromatic heterocycles. The fourth-order valence-corrected chi connectivity index (χ4v) is 4.04. The largest absolute Gasteiger partial charge is 0.347 e. The molecule has 0 bridgehead atoms. The number of likely N-dealkylation sites (tertiary alicyclic amines) is 1. The van der Waals surface area contributed by atoms with E-state index in [1.54, 1.807) is 0 Å². The summed E-state index contributed by atoms with van der Waals surface area (Å²) in [5.41, 5.74) is 3.33. The van der Waals surface area contributed by atoms with E-state index in [9.17, 15) is 4.79 Å². The van der Waals surface area contributed by atoms with E-state index < -0.39 is 0 Å². The molecule has 1 amide bonds. The molecular weight excluding hydrogens is 362 g/mol. The van der Waals surface area contributed by atoms with Gasteiger partial charge in [0.05, 0.1) is 12.2 Å². The van der Waals surface area contributed by atoms with Gasteiger partial charge in [-0.3, -0.25) is 9.69 Å². The third kappa shape index (κ3) is 5.12. The fraction of sp³-hybridized carbons (Fsp3) is 0.522. The number of hydrogen-bond acceptors (Lipinski definition) is 5. The summed E-state index contributed by atoms with van der Waals surface area (Å²) in [6.45, 7) is 7.93. The number of benzene rings is 1. The van der Waals surface area contributed by atoms with E-state index in [0.29, 0.717) is 12.5 Å². The molecule has 1 unspecified atom stereocenters. The van der Waals surface area contributed by atoms with Crippen molar-refractivity contribution in [2.75, 3.05) is 51.7 Å². The molecule has 0 saturated carbocycles. The molecule has 1 fully saturated rings. The lowest BCUT2D eigenvalue weighted by Gasteiger charge is -2.34. The molecule has 6 heteroatoms. The van der Waals surface area contributed by atoms with Crippen LogP contribution in [0.3, 0.4) is 0 Å². The number of nitrogens with zero attached hydrogens (tertiary/aromatic N) is 5. The summed E-state index contributed by atoms with van der Waals surface area (Å²) >= 11 is 0. The Morgan fingerprint density at radius 3 is 2.55 bits per heavy atom. The number of aromatic nitrogens is 2. The van der Waals surface area contributed by atoms with Crippen molar-refractivity contribution >= 4 is 11.9 Å². The number of piperidine rings is 1. The minimum Gasteiger partial charge on any atom is -0.347 e. The van der Waals surface area contributed by atoms with Gasteiger partial charge in [0.2, 0.25) is 11.9 Å². The third-order valence-electron chi connectivity index (χ3n) is 5.66. The van der Waals surface area contributed by atoms with Crippen LogP contribution >= 0.6 is 0 Å². The van der Waals surface area contributed by atoms with Crippen molar-refractivity contribution in [2.24, 2.45) is 0 Å². The van der Waals surface area contributed by atoms with Crippen LogP contribution in [0.5, 0.6) is 0 Å². The van der Waals surface area contributed by atoms with Crippen LogP contribution in [0.2, 0.25) is 0 Å². The van der Waals surface area contributed by atoms with Gasteiger partial charge in [0.25, 0.3) is 0 Å². The molecule has 3 rings (SSSR count). The standard InChI is InChI=1S/C23H33N5O/c1-5-28(6-2)21(29)17-27-14-10-13-19(16-27)22-20(18-11-8-7-9-12-18)15-24-23(25-22)26(3)4/h7-9,11-12,15,19H,5-6,10,13-14,16-17H2,1-4H3. The molecule has 156 valence electrons. The smallest absolute Gasteiger partial charge is 0.236 e. The highest BCUT2D eigenvalue weighted by Gasteiger charge is 2.27. The van der Waals surface area contributed by atoms with E-state index in [1.165, 1.54) is 0 Å². The molecular formula is C23H33N5O. The average Bonchev–Trinajstić information content (AvgIpc) is 2.75. The van der Waals surface area contributed by atoms with Crippen LogP contribution in [0.4, 0.5) is 5.95 Å². The number of amides is 1. The summed E-state index contributed by atoms with van der Waals surface area (Å²) in [4.78, 5) is 28.3. The molecule has 1 aliphatic heterocycles. The Bertz CT molecular complexity index is 804. The van der Waals surface area contributed by atoms with Crippen LogP contribution in [0.1, 0.15) is 38.3 Å². The SMILES string of the molecule is CCN(CC)C(=O)CN1CCCC(c2nc(N(C)C)ncc2-c2ccccc2)C1. The summed E-state index contributed by atoms with van der Waals surface area (Å²) in [6.07, 6.45) is 4.11. The number of carbonyl (C=O) groups is 1. The number of carbonyl (C=O) groups excluding carboxylic acids is 1. The Hall–Kier alpha value is -2.47. The van der Waals surface area contributed by atoms with Crippen LogP contribution in [0, 0.1) is 0 Å². The minimum atomic E-state index is 0.218. The van der Waals surface area contributed by atoms with E-state index in [0.717, 1.165) is 61.8 Å². The van der Waals surface area contributed by atoms with Gasteiger partial charge in [-0.25, -0.2) is 9.97 Å². The second kappa shape index (κ2) is 9.83. The molecule has 1 saturated heterocycles. The molecule has 0 N–H and O–H groups in total. The van der Waals surface area contributed by atoms with Crippen LogP contribution in [0.25, 0.3) is 11.1 Å². The quantitative estimate of drug-likeness (QED) is 0.720. The Morgan fingerprint density at radius 1 is 1.17 bits per heavy atom. The molecule has 0 radical (unpaired) electrons. The highest BCUT2D eigenvalue weighted by molar-refractivity contribution is 5.78. The predicted octanol–water partition coefficient (Wildman–Crippen LogP) is 3.26. The fourth-order valence-electron chi connectivity index (χ4n) is 4.04. The van der Waals surface area contributed by atoms with Gasteiger partial charge < -0.3 is 9.80 Å². The molecule has 2 heterocycles. The normalized spacial score (nSPS) is 17.2. The lowest BCUT2D eigenvalue weighted by molar-refractivity contribution is -0.132. The van der Waals surface area contributed by atoms with E-state index in [2.05, 4.69) is 34.1 Å². The van der Waals surface area contributed by atoms with Crippen molar-refractivity contribution in [3.8, 4) is 11.1 Å². The molecule has 0 aliphatic carbocycles. The molecule has 29 heavy (non-hydrogen) atoms. The monoisotopic (exact) mass is 395 g/mol. The van der Waals surface area contributed by atoms with Gasteiger partial charge in [0.1, 0.15) is 0 Å². The summed E-state index contributed by atoms with van der Waals surface area (Å²) in [6, 6.07) is 10.4. The summed E-state index contributed by atoms with van der Waals surface area (Å²) < 4.78 is 0. The Balaban J connectivity index is 1.86. The molecule has 2 aromatic rings. The molecule has 1 aromatic carbocycles. The lowest BCUT2D eigenvalue weighted by atomic mass is 9.90. The highest BCUT2D eigenvalue weighted by Crippen LogP contribution is 2.33. The Kier molecular flexibility index (Phi) is 7.20. The average molecular weight is 396 g/mol. The van der Waals surface area contributed by atoms with Crippen molar-refractivity contribution in [1.29, 1.82) is 0 Å². The van der Waals surface area contributed by atoms with Gasteiger partial charge in [0.15, 0.2) is 0 Å². The number of hydrogen-bond donors (Lipinski definition) is 0. The van der Waals surface area contributed by atoms with Crippen LogP contribution in [-0.4, -0.2) is 72.5 Å². The molecule has 1 atom stereocenters. The van der Waals surface area contributed by atoms with Crippen molar-refractivity contribution in [1.82, 2.24) is 19.8 Å². The van der Waals surface area contributed by atoms with Gasteiger partial charge in [-0.1, -0.05) is 30.3 Å². The van der Waals surface area contributed by atoms with Crippen molar-refractivity contribution < 1.29 is 4.79 Å². The lowest BCUT2D eigenvalue weighted by Crippen LogP contribution is -2.44. The van der Waals surface area contributed by atoms with Crippen LogP contribution in [0.15, 0.2) is 36.5 Å². The first-order chi connectivity index (χ1) is 14.0. The zero-order chi connectivity index (χ0) is 20.8. The second-order valence-electron chi connectivity index (χ2n) is 7.87. The molecule has 6 nitrogen and oxygen atoms in total. The van der Waals surface area contributed by atoms with Gasteiger partial charge in [-0.05, 0) is 38.8 Å². The van der Waals surface area contributed by atoms with Crippen LogP contribution < -0.4 is 4.90 Å². The Morgan fingerprint density at radius 2 is 1.90 bits per heavy atom. The zero-order valence-corrected chi connectivity index (χ0v) is 18.1. The summed E-state index contributed by atoms with van der Waals surface area (Å²) in [7, 11) is 3.94. The summed E-state index contributed by atoms with van der Waals surface area (Å²) in [5, 5.41) is 0. The zero-order valence-electron chi connectivity index (χ0n) is 18.1. The van der Waals surface area contributed by atoms with E-state index in [1.807, 2.05) is 50.0 Å². The van der Waals surface area contributed by atoms with Gasteiger partial charge in [-0.2, -0.15) is 0 Å². The predicted molar refractivity (Wildman–Crippen MR) is 118 cm³/mol. The van der Waals surface area contributed by atoms with Crippen LogP contribution in [-0.2, 0) is 4.79 Å². The topological polar surface area (TPSA) is 52.6 Å². The van der Waals surface area contributed by atoms with E-state index in [4.69, 9.17) is 4.98 Å². The van der Waals surface area contributed by atoms with Gasteiger partial charge in [0, 0.05) is 51.4 Å². The maximum absolute atomic E-state index is 12.6. The van der Waals surface area contributed by atoms with E-state index in [-0.39, 0.29) is 5.91 Å². The van der Waals surface area contributed by atoms with Gasteiger partial charge >= 0.3 is 0 Å².